The summed E-state index contributed by atoms with van der Waals surface area (Å²) in [6, 6.07) is 11.8. The third kappa shape index (κ3) is 5.61. The molecule has 146 valence electrons. The molecule has 2 rings (SSSR count). The molecule has 1 amide bonds. The smallest absolute Gasteiger partial charge is 0.265 e. The van der Waals surface area contributed by atoms with Gasteiger partial charge in [0, 0.05) is 17.8 Å². The Hall–Kier alpha value is -2.25. The average molecular weight is 411 g/mol. The Kier molecular flexibility index (Phi) is 6.73. The summed E-state index contributed by atoms with van der Waals surface area (Å²) >= 11 is 6.08. The predicted octanol–water partition coefficient (Wildman–Crippen LogP) is 3.84. The molecule has 0 bridgehead atoms. The lowest BCUT2D eigenvalue weighted by atomic mass is 10.2. The Labute approximate surface area is 165 Å². The van der Waals surface area contributed by atoms with E-state index in [0.717, 1.165) is 11.8 Å². The normalized spacial score (nSPS) is 12.3. The van der Waals surface area contributed by atoms with Gasteiger partial charge >= 0.3 is 0 Å². The van der Waals surface area contributed by atoms with E-state index in [1.54, 1.807) is 36.4 Å². The molecule has 0 fully saturated rings. The SMILES string of the molecule is CC[C@@H](Oc1ccc(N(C)S(C)(=O)=O)cc1)C(=O)Nc1ccc(C)c(Cl)c1. The van der Waals surface area contributed by atoms with E-state index in [9.17, 15) is 13.2 Å². The number of hydrogen-bond donors (Lipinski definition) is 1. The number of benzene rings is 2. The summed E-state index contributed by atoms with van der Waals surface area (Å²) in [5.74, 6) is 0.194. The maximum absolute atomic E-state index is 12.5. The fraction of sp³-hybridized carbons (Fsp3) is 0.316. The number of carbonyl (C=O) groups is 1. The number of aryl methyl sites for hydroxylation is 1. The third-order valence-electron chi connectivity index (χ3n) is 4.08. The number of halogens is 1. The van der Waals surface area contributed by atoms with Crippen LogP contribution in [0.4, 0.5) is 11.4 Å². The largest absolute Gasteiger partial charge is 0.481 e. The van der Waals surface area contributed by atoms with Crippen LogP contribution in [0, 0.1) is 6.92 Å². The summed E-state index contributed by atoms with van der Waals surface area (Å²) in [4.78, 5) is 12.5. The summed E-state index contributed by atoms with van der Waals surface area (Å²) in [6.07, 6.45) is 0.909. The molecule has 0 radical (unpaired) electrons. The molecule has 0 unspecified atom stereocenters. The second-order valence-corrected chi connectivity index (χ2v) is 8.61. The molecule has 8 heteroatoms. The Bertz CT molecular complexity index is 914. The summed E-state index contributed by atoms with van der Waals surface area (Å²) in [7, 11) is -1.86. The lowest BCUT2D eigenvalue weighted by Gasteiger charge is -2.19. The van der Waals surface area contributed by atoms with Crippen molar-refractivity contribution in [3.05, 3.63) is 53.1 Å². The van der Waals surface area contributed by atoms with Gasteiger partial charge in [0.25, 0.3) is 5.91 Å². The number of carbonyl (C=O) groups excluding carboxylic acids is 1. The molecule has 0 saturated heterocycles. The van der Waals surface area contributed by atoms with Gasteiger partial charge in [-0.05, 0) is 55.3 Å². The molecule has 0 aliphatic rings. The van der Waals surface area contributed by atoms with Crippen molar-refractivity contribution < 1.29 is 17.9 Å². The fourth-order valence-corrected chi connectivity index (χ4v) is 2.99. The number of sulfonamides is 1. The summed E-state index contributed by atoms with van der Waals surface area (Å²) in [5.41, 5.74) is 2.04. The van der Waals surface area contributed by atoms with Crippen molar-refractivity contribution in [3.63, 3.8) is 0 Å². The van der Waals surface area contributed by atoms with Gasteiger partial charge in [-0.25, -0.2) is 8.42 Å². The van der Waals surface area contributed by atoms with Gasteiger partial charge in [0.15, 0.2) is 6.10 Å². The van der Waals surface area contributed by atoms with E-state index < -0.39 is 16.1 Å². The zero-order chi connectivity index (χ0) is 20.2. The van der Waals surface area contributed by atoms with Gasteiger partial charge in [-0.15, -0.1) is 0 Å². The highest BCUT2D eigenvalue weighted by Gasteiger charge is 2.19. The van der Waals surface area contributed by atoms with Crippen molar-refractivity contribution >= 4 is 38.9 Å². The second kappa shape index (κ2) is 8.63. The number of nitrogens with one attached hydrogen (secondary N) is 1. The van der Waals surface area contributed by atoms with Gasteiger partial charge in [-0.2, -0.15) is 0 Å². The molecule has 0 aliphatic heterocycles. The molecule has 0 heterocycles. The molecular formula is C19H23ClN2O4S. The van der Waals surface area contributed by atoms with Crippen LogP contribution >= 0.6 is 11.6 Å². The van der Waals surface area contributed by atoms with Crippen molar-refractivity contribution in [2.24, 2.45) is 0 Å². The van der Waals surface area contributed by atoms with E-state index in [0.29, 0.717) is 28.6 Å². The Morgan fingerprint density at radius 2 is 1.85 bits per heavy atom. The van der Waals surface area contributed by atoms with Gasteiger partial charge < -0.3 is 10.1 Å². The molecule has 27 heavy (non-hydrogen) atoms. The molecule has 1 atom stereocenters. The number of amides is 1. The van der Waals surface area contributed by atoms with Crippen LogP contribution in [0.1, 0.15) is 18.9 Å². The van der Waals surface area contributed by atoms with Crippen LogP contribution < -0.4 is 14.4 Å². The third-order valence-corrected chi connectivity index (χ3v) is 5.69. The van der Waals surface area contributed by atoms with E-state index in [2.05, 4.69) is 5.32 Å². The summed E-state index contributed by atoms with van der Waals surface area (Å²) < 4.78 is 30.1. The van der Waals surface area contributed by atoms with Crippen LogP contribution in [0.5, 0.6) is 5.75 Å². The van der Waals surface area contributed by atoms with Gasteiger partial charge in [0.05, 0.1) is 11.9 Å². The van der Waals surface area contributed by atoms with Crippen molar-refractivity contribution in [1.29, 1.82) is 0 Å². The average Bonchev–Trinajstić information content (AvgIpc) is 2.61. The highest BCUT2D eigenvalue weighted by atomic mass is 35.5. The van der Waals surface area contributed by atoms with Crippen LogP contribution in [-0.2, 0) is 14.8 Å². The maximum atomic E-state index is 12.5. The minimum absolute atomic E-state index is 0.283. The van der Waals surface area contributed by atoms with Crippen molar-refractivity contribution in [1.82, 2.24) is 0 Å². The summed E-state index contributed by atoms with van der Waals surface area (Å²) in [6.45, 7) is 3.73. The lowest BCUT2D eigenvalue weighted by molar-refractivity contribution is -0.122. The first-order valence-electron chi connectivity index (χ1n) is 8.39. The Balaban J connectivity index is 2.07. The highest BCUT2D eigenvalue weighted by Crippen LogP contribution is 2.23. The van der Waals surface area contributed by atoms with E-state index in [1.807, 2.05) is 19.9 Å². The number of ether oxygens (including phenoxy) is 1. The predicted molar refractivity (Wildman–Crippen MR) is 109 cm³/mol. The topological polar surface area (TPSA) is 75.7 Å². The Morgan fingerprint density at radius 3 is 2.37 bits per heavy atom. The molecular weight excluding hydrogens is 388 g/mol. The van der Waals surface area contributed by atoms with E-state index >= 15 is 0 Å². The minimum atomic E-state index is -3.33. The van der Waals surface area contributed by atoms with Crippen molar-refractivity contribution in [3.8, 4) is 5.75 Å². The number of anilines is 2. The van der Waals surface area contributed by atoms with Gasteiger partial charge in [0.2, 0.25) is 10.0 Å². The van der Waals surface area contributed by atoms with Crippen molar-refractivity contribution in [2.45, 2.75) is 26.4 Å². The molecule has 6 nitrogen and oxygen atoms in total. The van der Waals surface area contributed by atoms with Crippen LogP contribution in [0.25, 0.3) is 0 Å². The van der Waals surface area contributed by atoms with Crippen LogP contribution in [-0.4, -0.2) is 33.7 Å². The van der Waals surface area contributed by atoms with E-state index in [-0.39, 0.29) is 5.91 Å². The fourth-order valence-electron chi connectivity index (χ4n) is 2.31. The molecule has 2 aromatic carbocycles. The van der Waals surface area contributed by atoms with Crippen LogP contribution in [0.3, 0.4) is 0 Å². The highest BCUT2D eigenvalue weighted by molar-refractivity contribution is 7.92. The molecule has 0 spiro atoms. The van der Waals surface area contributed by atoms with Crippen LogP contribution in [0.15, 0.2) is 42.5 Å². The number of rotatable bonds is 7. The van der Waals surface area contributed by atoms with Gasteiger partial charge in [-0.1, -0.05) is 24.6 Å². The zero-order valence-electron chi connectivity index (χ0n) is 15.7. The monoisotopic (exact) mass is 410 g/mol. The molecule has 1 N–H and O–H groups in total. The Morgan fingerprint density at radius 1 is 1.22 bits per heavy atom. The minimum Gasteiger partial charge on any atom is -0.481 e. The van der Waals surface area contributed by atoms with Crippen molar-refractivity contribution in [2.75, 3.05) is 22.9 Å². The summed E-state index contributed by atoms with van der Waals surface area (Å²) in [5, 5.41) is 3.37. The van der Waals surface area contributed by atoms with Gasteiger partial charge in [0.1, 0.15) is 5.75 Å². The first kappa shape index (κ1) is 21.1. The molecule has 0 aliphatic carbocycles. The molecule has 2 aromatic rings. The first-order valence-corrected chi connectivity index (χ1v) is 10.6. The quantitative estimate of drug-likeness (QED) is 0.752. The molecule has 0 saturated carbocycles. The second-order valence-electron chi connectivity index (χ2n) is 6.19. The number of nitrogens with zero attached hydrogens (tertiary/aromatic N) is 1. The molecule has 0 aromatic heterocycles. The van der Waals surface area contributed by atoms with Crippen LogP contribution in [0.2, 0.25) is 5.02 Å². The lowest BCUT2D eigenvalue weighted by Crippen LogP contribution is -2.32. The van der Waals surface area contributed by atoms with Gasteiger partial charge in [-0.3, -0.25) is 9.10 Å². The number of hydrogen-bond acceptors (Lipinski definition) is 4. The standard InChI is InChI=1S/C19H23ClN2O4S/c1-5-18(19(23)21-14-7-6-13(2)17(20)12-14)26-16-10-8-15(9-11-16)22(3)27(4,24)25/h6-12,18H,5H2,1-4H3,(H,21,23)/t18-/m1/s1. The van der Waals surface area contributed by atoms with E-state index in [4.69, 9.17) is 16.3 Å². The first-order chi connectivity index (χ1) is 12.6. The maximum Gasteiger partial charge on any atom is 0.265 e. The zero-order valence-corrected chi connectivity index (χ0v) is 17.3. The van der Waals surface area contributed by atoms with E-state index in [1.165, 1.54) is 11.4 Å².